The summed E-state index contributed by atoms with van der Waals surface area (Å²) in [6.07, 6.45) is 2.56. The number of nitrogens with one attached hydrogen (secondary N) is 2. The Balaban J connectivity index is 1.52. The van der Waals surface area contributed by atoms with E-state index in [2.05, 4.69) is 20.5 Å². The van der Waals surface area contributed by atoms with Crippen LogP contribution in [0.1, 0.15) is 51.8 Å². The third kappa shape index (κ3) is 7.89. The van der Waals surface area contributed by atoms with Gasteiger partial charge in [-0.25, -0.2) is 23.3 Å². The van der Waals surface area contributed by atoms with Crippen LogP contribution in [-0.2, 0) is 34.3 Å². The van der Waals surface area contributed by atoms with Crippen LogP contribution >= 0.6 is 11.3 Å². The number of aromatic nitrogens is 3. The molecule has 4 N–H and O–H groups in total. The van der Waals surface area contributed by atoms with Gasteiger partial charge in [0.2, 0.25) is 21.7 Å². The van der Waals surface area contributed by atoms with Gasteiger partial charge in [-0.2, -0.15) is 9.97 Å². The van der Waals surface area contributed by atoms with Crippen molar-refractivity contribution in [3.05, 3.63) is 63.7 Å². The second-order valence-electron chi connectivity index (χ2n) is 10.9. The smallest absolute Gasteiger partial charge is 0.350 e. The number of nitrogens with two attached hydrogens (primary N) is 1. The number of nitrogens with zero attached hydrogens (tertiary/aromatic N) is 4. The summed E-state index contributed by atoms with van der Waals surface area (Å²) in [5.74, 6) is 2.79. The number of fused-ring (bicyclic) bond motifs is 1. The molecule has 0 bridgehead atoms. The molecule has 3 heterocycles. The number of thiazole rings is 1. The molecule has 0 fully saturated rings. The minimum absolute atomic E-state index is 0.0514. The number of carbonyl (C=O) groups excluding carboxylic acids is 1. The number of benzene rings is 2. The highest BCUT2D eigenvalue weighted by Crippen LogP contribution is 2.39. The maximum atomic E-state index is 12.5. The monoisotopic (exact) mass is 697 g/mol. The molecular weight excluding hydrogens is 659 g/mol. The zero-order valence-corrected chi connectivity index (χ0v) is 29.1. The lowest BCUT2D eigenvalue weighted by atomic mass is 10.1. The largest absolute Gasteiger partial charge is 0.493 e. The number of methoxy groups -OCH3 is 3. The van der Waals surface area contributed by atoms with E-state index in [4.69, 9.17) is 34.1 Å². The summed E-state index contributed by atoms with van der Waals surface area (Å²) >= 11 is 1.17. The quantitative estimate of drug-likeness (QED) is 0.163. The Labute approximate surface area is 283 Å². The van der Waals surface area contributed by atoms with Crippen molar-refractivity contribution in [2.75, 3.05) is 50.0 Å². The summed E-state index contributed by atoms with van der Waals surface area (Å²) < 4.78 is 45.4. The molecule has 0 aliphatic carbocycles. The molecule has 1 aliphatic heterocycles. The maximum absolute atomic E-state index is 12.5. The van der Waals surface area contributed by atoms with Gasteiger partial charge in [0, 0.05) is 25.2 Å². The minimum Gasteiger partial charge on any atom is -0.493 e. The lowest BCUT2D eigenvalue weighted by Crippen LogP contribution is -2.25. The van der Waals surface area contributed by atoms with Crippen LogP contribution in [0.5, 0.6) is 17.2 Å². The number of aryl methyl sites for hydroxylation is 1. The molecule has 2 aromatic carbocycles. The van der Waals surface area contributed by atoms with Gasteiger partial charge in [0.15, 0.2) is 16.6 Å². The van der Waals surface area contributed by atoms with E-state index in [1.165, 1.54) is 23.5 Å². The van der Waals surface area contributed by atoms with Crippen LogP contribution in [0.4, 0.5) is 22.7 Å². The fourth-order valence-electron chi connectivity index (χ4n) is 5.39. The van der Waals surface area contributed by atoms with Crippen molar-refractivity contribution in [3.63, 3.8) is 0 Å². The normalized spacial score (nSPS) is 12.9. The fraction of sp³-hybridized carbons (Fsp3) is 0.375. The number of esters is 1. The fourth-order valence-corrected chi connectivity index (χ4v) is 6.76. The molecule has 14 nitrogen and oxygen atoms in total. The van der Waals surface area contributed by atoms with E-state index in [1.807, 2.05) is 12.1 Å². The third-order valence-corrected chi connectivity index (χ3v) is 9.66. The highest BCUT2D eigenvalue weighted by atomic mass is 32.2. The van der Waals surface area contributed by atoms with Crippen molar-refractivity contribution in [1.29, 1.82) is 0 Å². The summed E-state index contributed by atoms with van der Waals surface area (Å²) in [5.41, 5.74) is 3.25. The first kappa shape index (κ1) is 34.7. The molecule has 0 saturated carbocycles. The number of primary sulfonamides is 1. The van der Waals surface area contributed by atoms with Gasteiger partial charge in [0.05, 0.1) is 38.5 Å². The standard InChI is InChI=1S/C32H39N7O7S2/c1-6-46-30(40)27-19(2)35-32(47-27)38-31-36-28(34-17-21-15-24(43-3)26(45-5)25(16-21)44-4)23-9-7-8-14-39(29(23)37-31)18-20-10-12-22(13-11-20)48(33,41)42/h10-13,15-16H,6-9,14,17-18H2,1-5H3,(H2,33,41,42)(H2,34,35,36,37,38). The predicted octanol–water partition coefficient (Wildman–Crippen LogP) is 4.79. The summed E-state index contributed by atoms with van der Waals surface area (Å²) in [6.45, 7) is 5.34. The van der Waals surface area contributed by atoms with Gasteiger partial charge < -0.3 is 29.2 Å². The van der Waals surface area contributed by atoms with Gasteiger partial charge in [-0.3, -0.25) is 5.32 Å². The molecule has 5 rings (SSSR count). The Hall–Kier alpha value is -4.67. The van der Waals surface area contributed by atoms with Crippen LogP contribution < -0.4 is 34.9 Å². The van der Waals surface area contributed by atoms with Gasteiger partial charge in [-0.15, -0.1) is 0 Å². The van der Waals surface area contributed by atoms with Crippen molar-refractivity contribution < 1.29 is 32.2 Å². The second-order valence-corrected chi connectivity index (χ2v) is 13.5. The minimum atomic E-state index is -3.81. The average Bonchev–Trinajstić information content (AvgIpc) is 3.31. The van der Waals surface area contributed by atoms with Crippen LogP contribution in [0.25, 0.3) is 0 Å². The van der Waals surface area contributed by atoms with Crippen LogP contribution in [0.3, 0.4) is 0 Å². The molecule has 0 amide bonds. The Kier molecular flexibility index (Phi) is 10.9. The summed E-state index contributed by atoms with van der Waals surface area (Å²) in [5, 5.41) is 12.5. The van der Waals surface area contributed by atoms with E-state index in [9.17, 15) is 13.2 Å². The topological polar surface area (TPSA) is 180 Å². The van der Waals surface area contributed by atoms with Crippen LogP contribution in [0.15, 0.2) is 41.3 Å². The number of carbonyl (C=O) groups is 1. The number of hydrogen-bond acceptors (Lipinski definition) is 14. The van der Waals surface area contributed by atoms with E-state index in [0.717, 1.165) is 48.3 Å². The predicted molar refractivity (Wildman–Crippen MR) is 183 cm³/mol. The van der Waals surface area contributed by atoms with Crippen molar-refractivity contribution in [2.45, 2.75) is 51.1 Å². The van der Waals surface area contributed by atoms with E-state index >= 15 is 0 Å². The lowest BCUT2D eigenvalue weighted by Gasteiger charge is -2.25. The van der Waals surface area contributed by atoms with E-state index in [0.29, 0.717) is 57.8 Å². The Morgan fingerprint density at radius 2 is 1.71 bits per heavy atom. The number of ether oxygens (including phenoxy) is 4. The SMILES string of the molecule is CCOC(=O)c1sc(Nc2nc(NCc3cc(OC)c(OC)c(OC)c3)c3c(n2)N(Cc2ccc(S(N)(=O)=O)cc2)CCCC3)nc1C. The molecule has 0 radical (unpaired) electrons. The molecule has 256 valence electrons. The number of sulfonamides is 1. The Morgan fingerprint density at radius 3 is 2.33 bits per heavy atom. The molecule has 0 unspecified atom stereocenters. The van der Waals surface area contributed by atoms with E-state index in [-0.39, 0.29) is 11.5 Å². The average molecular weight is 698 g/mol. The molecule has 1 aliphatic rings. The van der Waals surface area contributed by atoms with Gasteiger partial charge in [0.1, 0.15) is 16.5 Å². The highest BCUT2D eigenvalue weighted by molar-refractivity contribution is 7.89. The molecule has 2 aromatic heterocycles. The van der Waals surface area contributed by atoms with E-state index in [1.54, 1.807) is 47.3 Å². The first-order chi connectivity index (χ1) is 23.0. The second kappa shape index (κ2) is 15.0. The number of hydrogen-bond donors (Lipinski definition) is 3. The summed E-state index contributed by atoms with van der Waals surface area (Å²) in [7, 11) is 0.892. The lowest BCUT2D eigenvalue weighted by molar-refractivity contribution is 0.0531. The number of rotatable bonds is 13. The summed E-state index contributed by atoms with van der Waals surface area (Å²) in [4.78, 5) is 29.4. The van der Waals surface area contributed by atoms with Gasteiger partial charge >= 0.3 is 5.97 Å². The first-order valence-electron chi connectivity index (χ1n) is 15.3. The molecular formula is C32H39N7O7S2. The Morgan fingerprint density at radius 1 is 1.00 bits per heavy atom. The van der Waals surface area contributed by atoms with Crippen molar-refractivity contribution in [2.24, 2.45) is 5.14 Å². The van der Waals surface area contributed by atoms with Crippen molar-refractivity contribution >= 4 is 50.0 Å². The molecule has 4 aromatic rings. The Bertz CT molecular complexity index is 1860. The van der Waals surface area contributed by atoms with E-state index < -0.39 is 16.0 Å². The highest BCUT2D eigenvalue weighted by Gasteiger charge is 2.24. The maximum Gasteiger partial charge on any atom is 0.350 e. The molecule has 0 saturated heterocycles. The van der Waals surface area contributed by atoms with Crippen molar-refractivity contribution in [3.8, 4) is 17.2 Å². The number of anilines is 4. The summed E-state index contributed by atoms with van der Waals surface area (Å²) in [6, 6.07) is 10.3. The third-order valence-electron chi connectivity index (χ3n) is 7.68. The van der Waals surface area contributed by atoms with Gasteiger partial charge in [-0.05, 0) is 68.5 Å². The molecule has 0 atom stereocenters. The van der Waals surface area contributed by atoms with Gasteiger partial charge in [-0.1, -0.05) is 23.5 Å². The van der Waals surface area contributed by atoms with Crippen molar-refractivity contribution in [1.82, 2.24) is 15.0 Å². The zero-order chi connectivity index (χ0) is 34.4. The van der Waals surface area contributed by atoms with Crippen LogP contribution in [0, 0.1) is 6.92 Å². The first-order valence-corrected chi connectivity index (χ1v) is 17.6. The van der Waals surface area contributed by atoms with Crippen LogP contribution in [-0.4, -0.2) is 63.8 Å². The van der Waals surface area contributed by atoms with Crippen LogP contribution in [0.2, 0.25) is 0 Å². The molecule has 0 spiro atoms. The molecule has 48 heavy (non-hydrogen) atoms. The van der Waals surface area contributed by atoms with Gasteiger partial charge in [0.25, 0.3) is 0 Å². The zero-order valence-electron chi connectivity index (χ0n) is 27.5. The molecule has 16 heteroatoms.